The molecule has 0 aliphatic heterocycles. The fourth-order valence-electron chi connectivity index (χ4n) is 4.06. The van der Waals surface area contributed by atoms with E-state index in [-0.39, 0.29) is 6.10 Å². The van der Waals surface area contributed by atoms with Crippen molar-refractivity contribution in [1.29, 1.82) is 0 Å². The molecule has 154 valence electrons. The van der Waals surface area contributed by atoms with Crippen molar-refractivity contribution in [2.45, 2.75) is 58.2 Å². The van der Waals surface area contributed by atoms with Crippen LogP contribution in [0.2, 0.25) is 0 Å². The lowest BCUT2D eigenvalue weighted by Crippen LogP contribution is -2.13. The van der Waals surface area contributed by atoms with Gasteiger partial charge in [0.1, 0.15) is 5.75 Å². The van der Waals surface area contributed by atoms with Crippen molar-refractivity contribution in [2.24, 2.45) is 5.92 Å². The second-order valence-electron chi connectivity index (χ2n) is 7.82. The van der Waals surface area contributed by atoms with Crippen LogP contribution in [0, 0.1) is 5.92 Å². The predicted octanol–water partition coefficient (Wildman–Crippen LogP) is 6.91. The zero-order valence-corrected chi connectivity index (χ0v) is 17.8. The summed E-state index contributed by atoms with van der Waals surface area (Å²) < 4.78 is 11.6. The third-order valence-corrected chi connectivity index (χ3v) is 5.77. The summed E-state index contributed by atoms with van der Waals surface area (Å²) in [6, 6.07) is 18.8. The minimum Gasteiger partial charge on any atom is -0.497 e. The molecular weight excluding hydrogens is 356 g/mol. The number of allylic oxidation sites excluding steroid dienone is 2. The molecule has 2 atom stereocenters. The third kappa shape index (κ3) is 6.90. The molecule has 0 radical (unpaired) electrons. The molecule has 29 heavy (non-hydrogen) atoms. The van der Waals surface area contributed by atoms with Crippen LogP contribution in [0.5, 0.6) is 5.75 Å². The minimum absolute atomic E-state index is 0.138. The Bertz CT molecular complexity index is 791. The number of ether oxygens (including phenoxy) is 2. The van der Waals surface area contributed by atoms with Crippen molar-refractivity contribution in [2.75, 3.05) is 7.11 Å². The van der Waals surface area contributed by atoms with E-state index in [1.807, 2.05) is 6.07 Å². The highest BCUT2D eigenvalue weighted by Gasteiger charge is 2.20. The lowest BCUT2D eigenvalue weighted by Gasteiger charge is -2.19. The Labute approximate surface area is 176 Å². The molecule has 0 spiro atoms. The molecule has 2 heteroatoms. The highest BCUT2D eigenvalue weighted by molar-refractivity contribution is 5.28. The molecule has 0 saturated heterocycles. The van der Waals surface area contributed by atoms with Gasteiger partial charge in [-0.05, 0) is 67.7 Å². The highest BCUT2D eigenvalue weighted by atomic mass is 16.5. The maximum Gasteiger partial charge on any atom is 0.119 e. The Kier molecular flexibility index (Phi) is 8.58. The average Bonchev–Trinajstić information content (AvgIpc) is 3.22. The van der Waals surface area contributed by atoms with Crippen LogP contribution in [0.1, 0.15) is 50.2 Å². The summed E-state index contributed by atoms with van der Waals surface area (Å²) >= 11 is 0. The van der Waals surface area contributed by atoms with E-state index in [2.05, 4.69) is 73.7 Å². The Morgan fingerprint density at radius 2 is 1.90 bits per heavy atom. The van der Waals surface area contributed by atoms with E-state index >= 15 is 0 Å². The smallest absolute Gasteiger partial charge is 0.119 e. The SMILES string of the molecule is CCC1CCC=C1CC(C=CCCc1cccc(OC)c1)OCc1ccccc1. The monoisotopic (exact) mass is 390 g/mol. The molecule has 1 aliphatic carbocycles. The van der Waals surface area contributed by atoms with Crippen LogP contribution in [0.15, 0.2) is 78.4 Å². The Hall–Kier alpha value is -2.32. The summed E-state index contributed by atoms with van der Waals surface area (Å²) in [4.78, 5) is 0. The van der Waals surface area contributed by atoms with Gasteiger partial charge in [-0.25, -0.2) is 0 Å². The zero-order chi connectivity index (χ0) is 20.3. The second-order valence-corrected chi connectivity index (χ2v) is 7.82. The van der Waals surface area contributed by atoms with Crippen LogP contribution in [-0.4, -0.2) is 13.2 Å². The molecule has 0 bridgehead atoms. The summed E-state index contributed by atoms with van der Waals surface area (Å²) in [5.74, 6) is 1.66. The van der Waals surface area contributed by atoms with Gasteiger partial charge in [0.25, 0.3) is 0 Å². The molecule has 2 nitrogen and oxygen atoms in total. The topological polar surface area (TPSA) is 18.5 Å². The van der Waals surface area contributed by atoms with Crippen molar-refractivity contribution in [3.8, 4) is 5.75 Å². The van der Waals surface area contributed by atoms with Crippen LogP contribution in [-0.2, 0) is 17.8 Å². The van der Waals surface area contributed by atoms with Crippen LogP contribution in [0.3, 0.4) is 0 Å². The third-order valence-electron chi connectivity index (χ3n) is 5.77. The van der Waals surface area contributed by atoms with Gasteiger partial charge in [0.2, 0.25) is 0 Å². The standard InChI is InChI=1S/C27H34O2/c1-3-24-15-10-16-25(24)20-27(29-21-23-12-5-4-6-13-23)17-8-7-11-22-14-9-18-26(19-22)28-2/h4-6,8-9,12-14,16-19,24,27H,3,7,10-11,15,20-21H2,1-2H3. The molecule has 1 aliphatic rings. The minimum atomic E-state index is 0.138. The lowest BCUT2D eigenvalue weighted by atomic mass is 9.94. The molecule has 0 aromatic heterocycles. The molecule has 0 saturated carbocycles. The second kappa shape index (κ2) is 11.6. The van der Waals surface area contributed by atoms with Gasteiger partial charge in [-0.1, -0.05) is 73.2 Å². The molecule has 0 fully saturated rings. The quantitative estimate of drug-likeness (QED) is 0.388. The molecular formula is C27H34O2. The first-order chi connectivity index (χ1) is 14.3. The molecule has 2 aromatic rings. The Morgan fingerprint density at radius 3 is 2.69 bits per heavy atom. The number of methoxy groups -OCH3 is 1. The Morgan fingerprint density at radius 1 is 1.07 bits per heavy atom. The Balaban J connectivity index is 1.57. The molecule has 0 N–H and O–H groups in total. The average molecular weight is 391 g/mol. The van der Waals surface area contributed by atoms with Crippen molar-refractivity contribution >= 4 is 0 Å². The fourth-order valence-corrected chi connectivity index (χ4v) is 4.06. The number of hydrogen-bond acceptors (Lipinski definition) is 2. The normalized spacial score (nSPS) is 17.4. The van der Waals surface area contributed by atoms with Gasteiger partial charge in [-0.3, -0.25) is 0 Å². The molecule has 2 unspecified atom stereocenters. The summed E-state index contributed by atoms with van der Waals surface area (Å²) in [5, 5.41) is 0. The molecule has 2 aromatic carbocycles. The first-order valence-corrected chi connectivity index (χ1v) is 10.9. The van der Waals surface area contributed by atoms with Gasteiger partial charge in [0.05, 0.1) is 19.8 Å². The highest BCUT2D eigenvalue weighted by Crippen LogP contribution is 2.32. The lowest BCUT2D eigenvalue weighted by molar-refractivity contribution is 0.0707. The van der Waals surface area contributed by atoms with E-state index in [0.29, 0.717) is 6.61 Å². The van der Waals surface area contributed by atoms with Gasteiger partial charge in [0, 0.05) is 0 Å². The first kappa shape index (κ1) is 21.4. The zero-order valence-electron chi connectivity index (χ0n) is 17.8. The van der Waals surface area contributed by atoms with Crippen LogP contribution in [0.25, 0.3) is 0 Å². The van der Waals surface area contributed by atoms with Crippen molar-refractivity contribution in [1.82, 2.24) is 0 Å². The van der Waals surface area contributed by atoms with E-state index in [9.17, 15) is 0 Å². The molecule has 0 amide bonds. The van der Waals surface area contributed by atoms with E-state index in [1.54, 1.807) is 12.7 Å². The maximum absolute atomic E-state index is 6.32. The largest absolute Gasteiger partial charge is 0.497 e. The number of aryl methyl sites for hydroxylation is 1. The van der Waals surface area contributed by atoms with Crippen molar-refractivity contribution in [3.63, 3.8) is 0 Å². The van der Waals surface area contributed by atoms with E-state index in [0.717, 1.165) is 30.9 Å². The first-order valence-electron chi connectivity index (χ1n) is 10.9. The summed E-state index contributed by atoms with van der Waals surface area (Å²) in [7, 11) is 1.72. The van der Waals surface area contributed by atoms with E-state index in [1.165, 1.54) is 30.4 Å². The van der Waals surface area contributed by atoms with Crippen LogP contribution in [0.4, 0.5) is 0 Å². The number of benzene rings is 2. The van der Waals surface area contributed by atoms with Crippen LogP contribution >= 0.6 is 0 Å². The van der Waals surface area contributed by atoms with Gasteiger partial charge >= 0.3 is 0 Å². The van der Waals surface area contributed by atoms with Gasteiger partial charge in [0.15, 0.2) is 0 Å². The number of hydrogen-bond donors (Lipinski definition) is 0. The molecule has 3 rings (SSSR count). The van der Waals surface area contributed by atoms with E-state index < -0.39 is 0 Å². The van der Waals surface area contributed by atoms with Crippen molar-refractivity contribution in [3.05, 3.63) is 89.5 Å². The molecule has 0 heterocycles. The van der Waals surface area contributed by atoms with E-state index in [4.69, 9.17) is 9.47 Å². The summed E-state index contributed by atoms with van der Waals surface area (Å²) in [6.45, 7) is 2.96. The van der Waals surface area contributed by atoms with Gasteiger partial charge in [-0.15, -0.1) is 0 Å². The maximum atomic E-state index is 6.32. The predicted molar refractivity (Wildman–Crippen MR) is 121 cm³/mol. The van der Waals surface area contributed by atoms with Crippen LogP contribution < -0.4 is 4.74 Å². The summed E-state index contributed by atoms with van der Waals surface area (Å²) in [5.41, 5.74) is 4.12. The van der Waals surface area contributed by atoms with Crippen molar-refractivity contribution < 1.29 is 9.47 Å². The fraction of sp³-hybridized carbons (Fsp3) is 0.407. The summed E-state index contributed by atoms with van der Waals surface area (Å²) in [6.07, 6.45) is 13.9. The number of rotatable bonds is 11. The van der Waals surface area contributed by atoms with Gasteiger partial charge in [-0.2, -0.15) is 0 Å². The van der Waals surface area contributed by atoms with Gasteiger partial charge < -0.3 is 9.47 Å².